The number of aromatic nitrogens is 1. The van der Waals surface area contributed by atoms with Gasteiger partial charge < -0.3 is 9.47 Å². The molecule has 4 rings (SSSR count). The molecule has 1 saturated carbocycles. The van der Waals surface area contributed by atoms with Crippen molar-refractivity contribution in [3.05, 3.63) is 64.9 Å². The molecule has 0 bridgehead atoms. The van der Waals surface area contributed by atoms with Gasteiger partial charge in [-0.1, -0.05) is 37.1 Å². The number of rotatable bonds is 5. The first kappa shape index (κ1) is 19.7. The molecule has 1 aliphatic heterocycles. The normalized spacial score (nSPS) is 19.2. The Bertz CT molecular complexity index is 936. The van der Waals surface area contributed by atoms with E-state index in [0.717, 1.165) is 28.3 Å². The molecular weight excluding hydrogens is 360 g/mol. The van der Waals surface area contributed by atoms with Crippen molar-refractivity contribution >= 4 is 11.5 Å². The van der Waals surface area contributed by atoms with E-state index in [9.17, 15) is 0 Å². The number of aryl methyl sites for hydroxylation is 1. The minimum Gasteiger partial charge on any atom is -0.481 e. The molecule has 1 fully saturated rings. The van der Waals surface area contributed by atoms with E-state index < -0.39 is 0 Å². The lowest BCUT2D eigenvalue weighted by Crippen LogP contribution is -2.17. The maximum atomic E-state index is 5.80. The molecule has 4 heteroatoms. The molecular formula is C25H30N2O2. The van der Waals surface area contributed by atoms with Gasteiger partial charge in [-0.3, -0.25) is 0 Å². The molecule has 2 aromatic rings. The van der Waals surface area contributed by atoms with Crippen LogP contribution in [0, 0.1) is 12.8 Å². The van der Waals surface area contributed by atoms with Gasteiger partial charge in [0.15, 0.2) is 0 Å². The van der Waals surface area contributed by atoms with Gasteiger partial charge in [0.05, 0.1) is 18.3 Å². The summed E-state index contributed by atoms with van der Waals surface area (Å²) >= 11 is 0. The molecule has 0 radical (unpaired) electrons. The monoisotopic (exact) mass is 390 g/mol. The molecule has 1 aromatic carbocycles. The highest BCUT2D eigenvalue weighted by Crippen LogP contribution is 2.33. The average Bonchev–Trinajstić information content (AvgIpc) is 3.36. The minimum atomic E-state index is -0.149. The van der Waals surface area contributed by atoms with Crippen LogP contribution >= 0.6 is 0 Å². The summed E-state index contributed by atoms with van der Waals surface area (Å²) in [4.78, 5) is 9.48. The summed E-state index contributed by atoms with van der Waals surface area (Å²) in [5.74, 6) is 2.03. The SMILES string of the molecule is COc1nc(/C(=C/C2CCCC2)c2ccc(C3=NC(C)(C)CO3)cc2)ccc1C. The topological polar surface area (TPSA) is 43.7 Å². The quantitative estimate of drug-likeness (QED) is 0.670. The number of hydrogen-bond donors (Lipinski definition) is 0. The predicted molar refractivity (Wildman–Crippen MR) is 118 cm³/mol. The van der Waals surface area contributed by atoms with E-state index in [1.165, 1.54) is 31.3 Å². The summed E-state index contributed by atoms with van der Waals surface area (Å²) in [5, 5.41) is 0. The fourth-order valence-corrected chi connectivity index (χ4v) is 4.08. The number of nitrogens with zero attached hydrogens (tertiary/aromatic N) is 2. The molecule has 2 heterocycles. The van der Waals surface area contributed by atoms with Crippen molar-refractivity contribution in [3.8, 4) is 5.88 Å². The third-order valence-corrected chi connectivity index (χ3v) is 5.73. The van der Waals surface area contributed by atoms with Crippen LogP contribution in [0.25, 0.3) is 5.57 Å². The summed E-state index contributed by atoms with van der Waals surface area (Å²) in [5.41, 5.74) is 5.22. The average molecular weight is 391 g/mol. The van der Waals surface area contributed by atoms with Crippen LogP contribution in [-0.4, -0.2) is 30.1 Å². The predicted octanol–water partition coefficient (Wildman–Crippen LogP) is 5.58. The van der Waals surface area contributed by atoms with Crippen LogP contribution in [0.2, 0.25) is 0 Å². The van der Waals surface area contributed by atoms with Crippen LogP contribution in [0.1, 0.15) is 61.9 Å². The van der Waals surface area contributed by atoms with Gasteiger partial charge >= 0.3 is 0 Å². The Morgan fingerprint density at radius 3 is 2.45 bits per heavy atom. The van der Waals surface area contributed by atoms with E-state index in [4.69, 9.17) is 14.5 Å². The molecule has 0 atom stereocenters. The molecule has 0 saturated heterocycles. The van der Waals surface area contributed by atoms with Gasteiger partial charge in [0, 0.05) is 16.7 Å². The fourth-order valence-electron chi connectivity index (χ4n) is 4.08. The molecule has 29 heavy (non-hydrogen) atoms. The van der Waals surface area contributed by atoms with E-state index in [-0.39, 0.29) is 5.54 Å². The lowest BCUT2D eigenvalue weighted by atomic mass is 9.95. The number of ether oxygens (including phenoxy) is 2. The van der Waals surface area contributed by atoms with E-state index >= 15 is 0 Å². The van der Waals surface area contributed by atoms with Gasteiger partial charge in [0.1, 0.15) is 6.61 Å². The maximum Gasteiger partial charge on any atom is 0.216 e. The Kier molecular flexibility index (Phi) is 5.44. The Balaban J connectivity index is 1.70. The number of benzene rings is 1. The fraction of sp³-hybridized carbons (Fsp3) is 0.440. The van der Waals surface area contributed by atoms with Crippen molar-refractivity contribution in [2.75, 3.05) is 13.7 Å². The van der Waals surface area contributed by atoms with Crippen molar-refractivity contribution in [2.45, 2.75) is 52.0 Å². The second-order valence-corrected chi connectivity index (χ2v) is 8.74. The molecule has 2 aliphatic rings. The van der Waals surface area contributed by atoms with E-state index in [1.807, 2.05) is 6.92 Å². The Hall–Kier alpha value is -2.62. The van der Waals surface area contributed by atoms with Gasteiger partial charge in [0.25, 0.3) is 0 Å². The number of pyridine rings is 1. The van der Waals surface area contributed by atoms with Gasteiger partial charge in [-0.15, -0.1) is 0 Å². The zero-order valence-electron chi connectivity index (χ0n) is 17.9. The maximum absolute atomic E-state index is 5.80. The highest BCUT2D eigenvalue weighted by molar-refractivity contribution is 5.96. The molecule has 0 spiro atoms. The number of aliphatic imine (C=N–C) groups is 1. The Labute approximate surface area is 173 Å². The van der Waals surface area contributed by atoms with E-state index in [2.05, 4.69) is 61.3 Å². The van der Waals surface area contributed by atoms with Gasteiger partial charge in [0.2, 0.25) is 11.8 Å². The summed E-state index contributed by atoms with van der Waals surface area (Å²) in [6.45, 7) is 6.83. The second kappa shape index (κ2) is 8.02. The highest BCUT2D eigenvalue weighted by atomic mass is 16.5. The number of hydrogen-bond acceptors (Lipinski definition) is 4. The first-order valence-corrected chi connectivity index (χ1v) is 10.5. The van der Waals surface area contributed by atoms with Crippen LogP contribution < -0.4 is 4.74 Å². The third-order valence-electron chi connectivity index (χ3n) is 5.73. The zero-order valence-corrected chi connectivity index (χ0v) is 17.9. The number of methoxy groups -OCH3 is 1. The molecule has 1 aromatic heterocycles. The van der Waals surface area contributed by atoms with Gasteiger partial charge in [-0.05, 0) is 63.3 Å². The van der Waals surface area contributed by atoms with Gasteiger partial charge in [-0.25, -0.2) is 9.98 Å². The van der Waals surface area contributed by atoms with Crippen molar-refractivity contribution in [3.63, 3.8) is 0 Å². The smallest absolute Gasteiger partial charge is 0.216 e. The molecule has 4 nitrogen and oxygen atoms in total. The lowest BCUT2D eigenvalue weighted by Gasteiger charge is -2.14. The molecule has 0 amide bonds. The third kappa shape index (κ3) is 4.36. The highest BCUT2D eigenvalue weighted by Gasteiger charge is 2.27. The summed E-state index contributed by atoms with van der Waals surface area (Å²) in [7, 11) is 1.68. The molecule has 152 valence electrons. The van der Waals surface area contributed by atoms with Crippen LogP contribution in [0.5, 0.6) is 5.88 Å². The number of allylic oxidation sites excluding steroid dienone is 1. The van der Waals surface area contributed by atoms with Crippen LogP contribution in [-0.2, 0) is 4.74 Å². The first-order chi connectivity index (χ1) is 13.9. The van der Waals surface area contributed by atoms with Crippen molar-refractivity contribution in [1.82, 2.24) is 4.98 Å². The van der Waals surface area contributed by atoms with Crippen LogP contribution in [0.3, 0.4) is 0 Å². The summed E-state index contributed by atoms with van der Waals surface area (Å²) in [6.07, 6.45) is 7.54. The summed E-state index contributed by atoms with van der Waals surface area (Å²) < 4.78 is 11.3. The van der Waals surface area contributed by atoms with Crippen molar-refractivity contribution < 1.29 is 9.47 Å². The molecule has 0 unspecified atom stereocenters. The van der Waals surface area contributed by atoms with Crippen molar-refractivity contribution in [1.29, 1.82) is 0 Å². The Morgan fingerprint density at radius 2 is 1.83 bits per heavy atom. The largest absolute Gasteiger partial charge is 0.481 e. The van der Waals surface area contributed by atoms with Crippen molar-refractivity contribution in [2.24, 2.45) is 10.9 Å². The van der Waals surface area contributed by atoms with Crippen LogP contribution in [0.4, 0.5) is 0 Å². The Morgan fingerprint density at radius 1 is 1.10 bits per heavy atom. The minimum absolute atomic E-state index is 0.149. The standard InChI is InChI=1S/C25H30N2O2/c1-17-9-14-22(26-23(17)28-4)21(15-18-7-5-6-8-18)19-10-12-20(13-11-19)24-27-25(2,3)16-29-24/h9-15,18H,5-8,16H2,1-4H3/b21-15+. The zero-order chi connectivity index (χ0) is 20.4. The molecule has 0 N–H and O–H groups in total. The summed E-state index contributed by atoms with van der Waals surface area (Å²) in [6, 6.07) is 12.7. The second-order valence-electron chi connectivity index (χ2n) is 8.74. The lowest BCUT2D eigenvalue weighted by molar-refractivity contribution is 0.279. The van der Waals surface area contributed by atoms with E-state index in [0.29, 0.717) is 18.4 Å². The van der Waals surface area contributed by atoms with E-state index in [1.54, 1.807) is 7.11 Å². The molecule has 1 aliphatic carbocycles. The van der Waals surface area contributed by atoms with Gasteiger partial charge in [-0.2, -0.15) is 0 Å². The van der Waals surface area contributed by atoms with Crippen LogP contribution in [0.15, 0.2) is 47.5 Å². The first-order valence-electron chi connectivity index (χ1n) is 10.5.